The number of hydrogen-bond donors (Lipinski definition) is 0. The number of ether oxygens (including phenoxy) is 2. The number of esters is 1. The van der Waals surface area contributed by atoms with Crippen molar-refractivity contribution < 1.29 is 14.3 Å². The van der Waals surface area contributed by atoms with Gasteiger partial charge < -0.3 is 9.47 Å². The highest BCUT2D eigenvalue weighted by atomic mass is 35.5. The van der Waals surface area contributed by atoms with E-state index in [4.69, 9.17) is 21.1 Å². The summed E-state index contributed by atoms with van der Waals surface area (Å²) < 4.78 is 10.6. The Morgan fingerprint density at radius 2 is 2.13 bits per heavy atom. The van der Waals surface area contributed by atoms with Gasteiger partial charge in [-0.05, 0) is 53.3 Å². The number of carbonyl (C=O) groups excluding carboxylic acids is 1. The highest BCUT2D eigenvalue weighted by molar-refractivity contribution is 7.11. The molecule has 0 fully saturated rings. The highest BCUT2D eigenvalue weighted by Gasteiger charge is 2.22. The summed E-state index contributed by atoms with van der Waals surface area (Å²) in [4.78, 5) is 13.0. The number of thiophene rings is 1. The van der Waals surface area contributed by atoms with E-state index in [0.717, 1.165) is 32.9 Å². The third-order valence-corrected chi connectivity index (χ3v) is 4.70. The largest absolute Gasteiger partial charge is 0.495 e. The lowest BCUT2D eigenvalue weighted by molar-refractivity contribution is -0.137. The molecule has 23 heavy (non-hydrogen) atoms. The van der Waals surface area contributed by atoms with Gasteiger partial charge in [0.15, 0.2) is 0 Å². The summed E-state index contributed by atoms with van der Waals surface area (Å²) in [5.74, 6) is 0.396. The van der Waals surface area contributed by atoms with E-state index >= 15 is 0 Å². The number of hydrogen-bond acceptors (Lipinski definition) is 4. The standard InChI is InChI=1S/C18H15ClO3S/c1-3-22-17(20)10-15-13-5-4-12(19)8-11(13)9-16(21-2)18-14(15)6-7-23-18/h4-10H,3H2,1-2H3/b15-10+. The van der Waals surface area contributed by atoms with Crippen molar-refractivity contribution in [2.24, 2.45) is 0 Å². The van der Waals surface area contributed by atoms with Crippen LogP contribution in [0.3, 0.4) is 0 Å². The first kappa shape index (κ1) is 15.8. The fraction of sp³-hybridized carbons (Fsp3) is 0.167. The molecule has 3 nitrogen and oxygen atoms in total. The third kappa shape index (κ3) is 3.05. The summed E-state index contributed by atoms with van der Waals surface area (Å²) in [6.45, 7) is 2.13. The van der Waals surface area contributed by atoms with Gasteiger partial charge in [0, 0.05) is 16.7 Å². The smallest absolute Gasteiger partial charge is 0.331 e. The average Bonchev–Trinajstić information content (AvgIpc) is 2.96. The van der Waals surface area contributed by atoms with Crippen LogP contribution >= 0.6 is 22.9 Å². The molecule has 1 heterocycles. The van der Waals surface area contributed by atoms with Gasteiger partial charge in [0.1, 0.15) is 5.76 Å². The van der Waals surface area contributed by atoms with Gasteiger partial charge in [0.25, 0.3) is 0 Å². The highest BCUT2D eigenvalue weighted by Crippen LogP contribution is 2.40. The average molecular weight is 347 g/mol. The first-order valence-electron chi connectivity index (χ1n) is 7.16. The molecule has 2 aromatic rings. The molecule has 1 aromatic heterocycles. The Hall–Kier alpha value is -2.04. The zero-order chi connectivity index (χ0) is 16.4. The van der Waals surface area contributed by atoms with Crippen LogP contribution in [0.5, 0.6) is 0 Å². The van der Waals surface area contributed by atoms with E-state index in [2.05, 4.69) is 0 Å². The lowest BCUT2D eigenvalue weighted by Gasteiger charge is -2.09. The maximum absolute atomic E-state index is 12.0. The molecule has 0 spiro atoms. The Morgan fingerprint density at radius 3 is 2.87 bits per heavy atom. The first-order valence-corrected chi connectivity index (χ1v) is 8.42. The minimum atomic E-state index is -0.360. The number of fused-ring (bicyclic) bond motifs is 2. The molecule has 118 valence electrons. The monoisotopic (exact) mass is 346 g/mol. The summed E-state index contributed by atoms with van der Waals surface area (Å²) in [7, 11) is 1.64. The Labute approximate surface area is 143 Å². The second-order valence-corrected chi connectivity index (χ2v) is 6.27. The zero-order valence-corrected chi connectivity index (χ0v) is 14.3. The van der Waals surface area contributed by atoms with E-state index in [1.807, 2.05) is 35.7 Å². The number of rotatable bonds is 3. The van der Waals surface area contributed by atoms with Gasteiger partial charge >= 0.3 is 5.97 Å². The van der Waals surface area contributed by atoms with Crippen molar-refractivity contribution in [2.45, 2.75) is 6.92 Å². The Bertz CT molecular complexity index is 817. The number of carbonyl (C=O) groups is 1. The summed E-state index contributed by atoms with van der Waals surface area (Å²) in [5, 5.41) is 2.62. The quantitative estimate of drug-likeness (QED) is 0.588. The molecule has 0 bridgehead atoms. The van der Waals surface area contributed by atoms with Crippen molar-refractivity contribution in [2.75, 3.05) is 13.7 Å². The van der Waals surface area contributed by atoms with E-state index in [1.165, 1.54) is 6.08 Å². The van der Waals surface area contributed by atoms with Gasteiger partial charge in [-0.2, -0.15) is 0 Å². The maximum Gasteiger partial charge on any atom is 0.331 e. The molecular formula is C18H15ClO3S. The fourth-order valence-corrected chi connectivity index (χ4v) is 3.66. The Kier molecular flexibility index (Phi) is 4.55. The molecule has 3 rings (SSSR count). The molecule has 1 aliphatic carbocycles. The Morgan fingerprint density at radius 1 is 1.30 bits per heavy atom. The lowest BCUT2D eigenvalue weighted by Crippen LogP contribution is -2.02. The molecule has 0 unspecified atom stereocenters. The van der Waals surface area contributed by atoms with Crippen molar-refractivity contribution in [1.29, 1.82) is 0 Å². The van der Waals surface area contributed by atoms with Crippen molar-refractivity contribution in [1.82, 2.24) is 0 Å². The second-order valence-electron chi connectivity index (χ2n) is 4.92. The molecule has 5 heteroatoms. The van der Waals surface area contributed by atoms with Crippen LogP contribution in [0.25, 0.3) is 17.4 Å². The van der Waals surface area contributed by atoms with Gasteiger partial charge in [-0.15, -0.1) is 11.3 Å². The molecule has 0 saturated carbocycles. The van der Waals surface area contributed by atoms with Crippen molar-refractivity contribution in [3.63, 3.8) is 0 Å². The molecule has 0 atom stereocenters. The number of benzene rings is 1. The predicted molar refractivity (Wildman–Crippen MR) is 94.4 cm³/mol. The van der Waals surface area contributed by atoms with Gasteiger partial charge in [-0.25, -0.2) is 4.79 Å². The second kappa shape index (κ2) is 6.60. The van der Waals surface area contributed by atoms with Crippen LogP contribution in [0.15, 0.2) is 35.7 Å². The van der Waals surface area contributed by atoms with Gasteiger partial charge in [0.05, 0.1) is 18.6 Å². The molecule has 0 radical (unpaired) electrons. The van der Waals surface area contributed by atoms with E-state index < -0.39 is 0 Å². The van der Waals surface area contributed by atoms with E-state index in [1.54, 1.807) is 25.4 Å². The Balaban J connectivity index is 2.26. The van der Waals surface area contributed by atoms with Gasteiger partial charge in [-0.3, -0.25) is 0 Å². The molecular weight excluding hydrogens is 332 g/mol. The van der Waals surface area contributed by atoms with E-state index in [0.29, 0.717) is 11.6 Å². The topological polar surface area (TPSA) is 35.5 Å². The normalized spacial score (nSPS) is 14.6. The molecule has 1 aliphatic rings. The van der Waals surface area contributed by atoms with Crippen LogP contribution in [-0.2, 0) is 14.3 Å². The summed E-state index contributed by atoms with van der Waals surface area (Å²) in [5.41, 5.74) is 3.61. The molecule has 1 aromatic carbocycles. The van der Waals surface area contributed by atoms with Crippen molar-refractivity contribution in [3.05, 3.63) is 62.3 Å². The molecule has 0 aliphatic heterocycles. The van der Waals surface area contributed by atoms with Crippen LogP contribution in [0.1, 0.15) is 28.5 Å². The lowest BCUT2D eigenvalue weighted by atomic mass is 9.96. The molecule has 0 N–H and O–H groups in total. The third-order valence-electron chi connectivity index (χ3n) is 3.54. The summed E-state index contributed by atoms with van der Waals surface area (Å²) in [6, 6.07) is 7.59. The SMILES string of the molecule is CCOC(=O)/C=C1\c2ccc(Cl)cc2C=C(OC)c2sccc21. The summed E-state index contributed by atoms with van der Waals surface area (Å²) in [6.07, 6.45) is 3.48. The van der Waals surface area contributed by atoms with Crippen LogP contribution in [-0.4, -0.2) is 19.7 Å². The van der Waals surface area contributed by atoms with Crippen molar-refractivity contribution in [3.8, 4) is 0 Å². The first-order chi connectivity index (χ1) is 11.1. The molecule has 0 saturated heterocycles. The predicted octanol–water partition coefficient (Wildman–Crippen LogP) is 4.85. The van der Waals surface area contributed by atoms with Crippen molar-refractivity contribution >= 4 is 46.3 Å². The minimum absolute atomic E-state index is 0.341. The number of halogens is 1. The van der Waals surface area contributed by atoms with Crippen LogP contribution in [0.4, 0.5) is 0 Å². The van der Waals surface area contributed by atoms with Crippen LogP contribution < -0.4 is 0 Å². The van der Waals surface area contributed by atoms with E-state index in [-0.39, 0.29) is 5.97 Å². The minimum Gasteiger partial charge on any atom is -0.495 e. The zero-order valence-electron chi connectivity index (χ0n) is 12.8. The number of methoxy groups -OCH3 is 1. The summed E-state index contributed by atoms with van der Waals surface area (Å²) >= 11 is 7.70. The fourth-order valence-electron chi connectivity index (χ4n) is 2.57. The maximum atomic E-state index is 12.0. The van der Waals surface area contributed by atoms with Gasteiger partial charge in [0.2, 0.25) is 0 Å². The van der Waals surface area contributed by atoms with Crippen LogP contribution in [0, 0.1) is 0 Å². The van der Waals surface area contributed by atoms with Gasteiger partial charge in [-0.1, -0.05) is 17.7 Å². The van der Waals surface area contributed by atoms with E-state index in [9.17, 15) is 4.79 Å². The molecule has 0 amide bonds. The van der Waals surface area contributed by atoms with Crippen LogP contribution in [0.2, 0.25) is 5.02 Å².